The average Bonchev–Trinajstić information content (AvgIpc) is 2.83. The van der Waals surface area contributed by atoms with Crippen molar-refractivity contribution in [3.05, 3.63) is 29.8 Å². The van der Waals surface area contributed by atoms with Gasteiger partial charge in [0, 0.05) is 22.3 Å². The second kappa shape index (κ2) is 5.54. The van der Waals surface area contributed by atoms with E-state index in [-0.39, 0.29) is 11.2 Å². The van der Waals surface area contributed by atoms with Crippen LogP contribution in [0.15, 0.2) is 29.4 Å². The van der Waals surface area contributed by atoms with Gasteiger partial charge >= 0.3 is 0 Å². The van der Waals surface area contributed by atoms with E-state index in [0.717, 1.165) is 12.0 Å². The highest BCUT2D eigenvalue weighted by Crippen LogP contribution is 2.26. The second-order valence-corrected chi connectivity index (χ2v) is 7.22. The molecule has 0 saturated carbocycles. The van der Waals surface area contributed by atoms with Crippen LogP contribution in [-0.4, -0.2) is 23.2 Å². The Balaban J connectivity index is 2.59. The summed E-state index contributed by atoms with van der Waals surface area (Å²) >= 11 is 0. The molecule has 0 aliphatic heterocycles. The van der Waals surface area contributed by atoms with Crippen LogP contribution in [0.1, 0.15) is 32.4 Å². The molecule has 5 nitrogen and oxygen atoms in total. The van der Waals surface area contributed by atoms with E-state index in [1.807, 2.05) is 38.1 Å². The summed E-state index contributed by atoms with van der Waals surface area (Å²) in [5.74, 6) is 0.502. The summed E-state index contributed by atoms with van der Waals surface area (Å²) in [6.45, 7) is 5.79. The van der Waals surface area contributed by atoms with Crippen LogP contribution in [0.2, 0.25) is 0 Å². The number of aryl methyl sites for hydroxylation is 1. The molecule has 1 aromatic heterocycles. The maximum absolute atomic E-state index is 11.5. The fraction of sp³-hybridized carbons (Fsp3) is 0.385. The molecule has 0 amide bonds. The van der Waals surface area contributed by atoms with Crippen LogP contribution in [-0.2, 0) is 15.5 Å². The molecule has 1 aromatic carbocycles. The normalized spacial score (nSPS) is 12.1. The molecule has 7 heteroatoms. The number of halogens is 1. The van der Waals surface area contributed by atoms with Gasteiger partial charge in [0.1, 0.15) is 0 Å². The molecule has 0 spiro atoms. The molecule has 0 fully saturated rings. The maximum atomic E-state index is 11.5. The first-order chi connectivity index (χ1) is 9.34. The predicted molar refractivity (Wildman–Crippen MR) is 78.3 cm³/mol. The first-order valence-corrected chi connectivity index (χ1v) is 8.64. The number of rotatable bonds is 4. The number of benzene rings is 1. The molecule has 0 radical (unpaired) electrons. The molecular weight excluding hydrogens is 298 g/mol. The van der Waals surface area contributed by atoms with E-state index >= 15 is 0 Å². The van der Waals surface area contributed by atoms with Gasteiger partial charge in [-0.3, -0.25) is 4.57 Å². The highest BCUT2D eigenvalue weighted by Gasteiger charge is 2.24. The molecule has 2 aromatic rings. The first kappa shape index (κ1) is 15.0. The van der Waals surface area contributed by atoms with E-state index in [0.29, 0.717) is 5.82 Å². The van der Waals surface area contributed by atoms with Crippen molar-refractivity contribution in [3.8, 4) is 11.4 Å². The lowest BCUT2D eigenvalue weighted by molar-refractivity contribution is 0.530. The standard InChI is InChI=1S/C13H16ClN3O2S/c1-4-10-5-7-11(8-6-10)12-15-16-13(20(14,18)19)17(12)9(2)3/h5-9H,4H2,1-3H3. The lowest BCUT2D eigenvalue weighted by Crippen LogP contribution is -2.10. The Morgan fingerprint density at radius 2 is 1.80 bits per heavy atom. The molecule has 0 aliphatic rings. The van der Waals surface area contributed by atoms with E-state index in [1.165, 1.54) is 10.1 Å². The Hall–Kier alpha value is -1.40. The van der Waals surface area contributed by atoms with Crippen LogP contribution in [0.4, 0.5) is 0 Å². The van der Waals surface area contributed by atoms with Crippen LogP contribution in [0.25, 0.3) is 11.4 Å². The van der Waals surface area contributed by atoms with Gasteiger partial charge in [-0.1, -0.05) is 31.2 Å². The van der Waals surface area contributed by atoms with Crippen LogP contribution in [0.3, 0.4) is 0 Å². The highest BCUT2D eigenvalue weighted by atomic mass is 35.7. The molecule has 0 unspecified atom stereocenters. The number of hydrogen-bond donors (Lipinski definition) is 0. The van der Waals surface area contributed by atoms with Gasteiger partial charge in [0.2, 0.25) is 0 Å². The van der Waals surface area contributed by atoms with Crippen molar-refractivity contribution in [2.75, 3.05) is 0 Å². The zero-order chi connectivity index (χ0) is 14.9. The van der Waals surface area contributed by atoms with Gasteiger partial charge in [-0.25, -0.2) is 8.42 Å². The lowest BCUT2D eigenvalue weighted by Gasteiger charge is -2.12. The zero-order valence-electron chi connectivity index (χ0n) is 11.5. The zero-order valence-corrected chi connectivity index (χ0v) is 13.1. The topological polar surface area (TPSA) is 64.8 Å². The van der Waals surface area contributed by atoms with Crippen molar-refractivity contribution in [2.24, 2.45) is 0 Å². The third-order valence-corrected chi connectivity index (χ3v) is 4.15. The molecule has 20 heavy (non-hydrogen) atoms. The monoisotopic (exact) mass is 313 g/mol. The molecule has 0 saturated heterocycles. The van der Waals surface area contributed by atoms with Crippen molar-refractivity contribution in [2.45, 2.75) is 38.4 Å². The van der Waals surface area contributed by atoms with Crippen molar-refractivity contribution in [3.63, 3.8) is 0 Å². The van der Waals surface area contributed by atoms with Gasteiger partial charge in [0.05, 0.1) is 0 Å². The van der Waals surface area contributed by atoms with Crippen LogP contribution in [0.5, 0.6) is 0 Å². The van der Waals surface area contributed by atoms with E-state index in [9.17, 15) is 8.42 Å². The summed E-state index contributed by atoms with van der Waals surface area (Å²) in [6.07, 6.45) is 0.943. The first-order valence-electron chi connectivity index (χ1n) is 6.33. The summed E-state index contributed by atoms with van der Waals surface area (Å²) in [6, 6.07) is 7.68. The van der Waals surface area contributed by atoms with Crippen molar-refractivity contribution >= 4 is 19.7 Å². The number of aromatic nitrogens is 3. The van der Waals surface area contributed by atoms with Gasteiger partial charge in [0.15, 0.2) is 5.82 Å². The second-order valence-electron chi connectivity index (χ2n) is 4.76. The Morgan fingerprint density at radius 1 is 1.20 bits per heavy atom. The third-order valence-electron chi connectivity index (χ3n) is 3.02. The predicted octanol–water partition coefficient (Wildman–Crippen LogP) is 3.02. The minimum Gasteiger partial charge on any atom is -0.294 e. The Labute approximate surface area is 123 Å². The summed E-state index contributed by atoms with van der Waals surface area (Å²) in [4.78, 5) is 0. The van der Waals surface area contributed by atoms with Gasteiger partial charge in [-0.05, 0) is 25.8 Å². The number of nitrogens with zero attached hydrogens (tertiary/aromatic N) is 3. The quantitative estimate of drug-likeness (QED) is 0.814. The van der Waals surface area contributed by atoms with Gasteiger partial charge < -0.3 is 0 Å². The van der Waals surface area contributed by atoms with E-state index in [1.54, 1.807) is 0 Å². The molecule has 0 aliphatic carbocycles. The summed E-state index contributed by atoms with van der Waals surface area (Å²) < 4.78 is 24.6. The Morgan fingerprint density at radius 3 is 2.25 bits per heavy atom. The fourth-order valence-electron chi connectivity index (χ4n) is 2.00. The summed E-state index contributed by atoms with van der Waals surface area (Å²) in [5, 5.41) is 7.48. The van der Waals surface area contributed by atoms with Crippen LogP contribution in [0, 0.1) is 0 Å². The average molecular weight is 314 g/mol. The largest absolute Gasteiger partial charge is 0.296 e. The van der Waals surface area contributed by atoms with Crippen molar-refractivity contribution in [1.82, 2.24) is 14.8 Å². The lowest BCUT2D eigenvalue weighted by atomic mass is 10.1. The van der Waals surface area contributed by atoms with Crippen molar-refractivity contribution in [1.29, 1.82) is 0 Å². The Kier molecular flexibility index (Phi) is 4.15. The van der Waals surface area contributed by atoms with Gasteiger partial charge in [-0.2, -0.15) is 0 Å². The smallest absolute Gasteiger partial charge is 0.294 e. The molecule has 108 valence electrons. The summed E-state index contributed by atoms with van der Waals surface area (Å²) in [5.41, 5.74) is 2.02. The molecular formula is C13H16ClN3O2S. The molecule has 2 rings (SSSR count). The van der Waals surface area contributed by atoms with Gasteiger partial charge in [0.25, 0.3) is 14.2 Å². The van der Waals surface area contributed by atoms with E-state index in [2.05, 4.69) is 17.1 Å². The minimum atomic E-state index is -3.92. The molecule has 0 bridgehead atoms. The number of hydrogen-bond acceptors (Lipinski definition) is 4. The maximum Gasteiger partial charge on any atom is 0.296 e. The van der Waals surface area contributed by atoms with Crippen LogP contribution >= 0.6 is 10.7 Å². The summed E-state index contributed by atoms with van der Waals surface area (Å²) in [7, 11) is 1.49. The molecule has 0 N–H and O–H groups in total. The van der Waals surface area contributed by atoms with E-state index < -0.39 is 9.05 Å². The van der Waals surface area contributed by atoms with Crippen molar-refractivity contribution < 1.29 is 8.42 Å². The Bertz CT molecular complexity index is 706. The SMILES string of the molecule is CCc1ccc(-c2nnc(S(=O)(=O)Cl)n2C(C)C)cc1. The van der Waals surface area contributed by atoms with Gasteiger partial charge in [-0.15, -0.1) is 10.2 Å². The minimum absolute atomic E-state index is 0.116. The molecule has 1 heterocycles. The fourth-order valence-corrected chi connectivity index (χ4v) is 2.98. The van der Waals surface area contributed by atoms with Crippen LogP contribution < -0.4 is 0 Å². The van der Waals surface area contributed by atoms with E-state index in [4.69, 9.17) is 10.7 Å². The highest BCUT2D eigenvalue weighted by molar-refractivity contribution is 8.13. The third kappa shape index (κ3) is 2.86. The molecule has 0 atom stereocenters.